The molecule has 1 rings (SSSR count). The molecule has 0 aliphatic carbocycles. The lowest BCUT2D eigenvalue weighted by Crippen LogP contribution is -2.01. The summed E-state index contributed by atoms with van der Waals surface area (Å²) in [6.45, 7) is 0. The molecule has 4 heteroatoms. The summed E-state index contributed by atoms with van der Waals surface area (Å²) >= 11 is 9.86. The van der Waals surface area contributed by atoms with Crippen molar-refractivity contribution in [1.82, 2.24) is 0 Å². The zero-order valence-corrected chi connectivity index (χ0v) is 7.77. The molecule has 0 saturated heterocycles. The largest absolute Gasteiger partial charge is 0.481 e. The highest BCUT2D eigenvalue weighted by atomic mass is 35.5. The molecule has 64 valence electrons. The summed E-state index contributed by atoms with van der Waals surface area (Å²) in [6, 6.07) is 5.10. The van der Waals surface area contributed by atoms with Crippen molar-refractivity contribution in [2.75, 3.05) is 0 Å². The Morgan fingerprint density at radius 1 is 1.58 bits per heavy atom. The molecule has 0 aliphatic heterocycles. The number of halogens is 1. The van der Waals surface area contributed by atoms with E-state index in [1.54, 1.807) is 18.2 Å². The summed E-state index contributed by atoms with van der Waals surface area (Å²) in [5.74, 6) is -0.904. The number of carboxylic acid groups (broad SMARTS) is 1. The Bertz CT molecular complexity index is 292. The van der Waals surface area contributed by atoms with Crippen molar-refractivity contribution in [1.29, 1.82) is 0 Å². The third kappa shape index (κ3) is 2.16. The summed E-state index contributed by atoms with van der Waals surface area (Å²) in [7, 11) is 0. The van der Waals surface area contributed by atoms with Gasteiger partial charge < -0.3 is 5.11 Å². The molecule has 12 heavy (non-hydrogen) atoms. The van der Waals surface area contributed by atoms with Gasteiger partial charge in [0.2, 0.25) is 0 Å². The number of carboxylic acids is 1. The molecular weight excluding hydrogens is 196 g/mol. The van der Waals surface area contributed by atoms with Crippen molar-refractivity contribution < 1.29 is 9.90 Å². The number of thiol groups is 1. The third-order valence-electron chi connectivity index (χ3n) is 1.42. The normalized spacial score (nSPS) is 9.83. The van der Waals surface area contributed by atoms with Gasteiger partial charge >= 0.3 is 5.97 Å². The minimum atomic E-state index is -0.904. The molecule has 0 spiro atoms. The lowest BCUT2D eigenvalue weighted by Gasteiger charge is -2.03. The monoisotopic (exact) mass is 202 g/mol. The fraction of sp³-hybridized carbons (Fsp3) is 0.125. The first kappa shape index (κ1) is 9.42. The van der Waals surface area contributed by atoms with Gasteiger partial charge in [0.15, 0.2) is 0 Å². The fourth-order valence-electron chi connectivity index (χ4n) is 0.873. The lowest BCUT2D eigenvalue weighted by atomic mass is 10.1. The van der Waals surface area contributed by atoms with Gasteiger partial charge in [-0.05, 0) is 17.7 Å². The molecule has 0 bridgehead atoms. The van der Waals surface area contributed by atoms with Gasteiger partial charge in [0.1, 0.15) is 0 Å². The molecule has 0 amide bonds. The van der Waals surface area contributed by atoms with E-state index in [1.807, 2.05) is 0 Å². The van der Waals surface area contributed by atoms with Crippen molar-refractivity contribution in [3.05, 3.63) is 28.8 Å². The number of rotatable bonds is 2. The van der Waals surface area contributed by atoms with E-state index in [0.717, 1.165) is 0 Å². The number of hydrogen-bond donors (Lipinski definition) is 2. The highest BCUT2D eigenvalue weighted by Gasteiger charge is 2.07. The average Bonchev–Trinajstić information content (AvgIpc) is 1.97. The maximum atomic E-state index is 10.4. The van der Waals surface area contributed by atoms with Gasteiger partial charge in [-0.3, -0.25) is 4.79 Å². The van der Waals surface area contributed by atoms with Gasteiger partial charge in [0.05, 0.1) is 6.42 Å². The van der Waals surface area contributed by atoms with Crippen molar-refractivity contribution in [2.45, 2.75) is 11.3 Å². The van der Waals surface area contributed by atoms with Gasteiger partial charge in [-0.2, -0.15) is 0 Å². The van der Waals surface area contributed by atoms with Crippen molar-refractivity contribution in [3.63, 3.8) is 0 Å². The van der Waals surface area contributed by atoms with Crippen LogP contribution in [0.5, 0.6) is 0 Å². The van der Waals surface area contributed by atoms with Gasteiger partial charge in [0, 0.05) is 9.92 Å². The quantitative estimate of drug-likeness (QED) is 0.722. The molecule has 1 aromatic carbocycles. The second-order valence-corrected chi connectivity index (χ2v) is 3.20. The minimum Gasteiger partial charge on any atom is -0.481 e. The third-order valence-corrected chi connectivity index (χ3v) is 2.20. The summed E-state index contributed by atoms with van der Waals surface area (Å²) in [6.07, 6.45) is -0.0848. The summed E-state index contributed by atoms with van der Waals surface area (Å²) in [4.78, 5) is 11.0. The molecule has 0 saturated carbocycles. The number of carbonyl (C=O) groups is 1. The van der Waals surface area contributed by atoms with E-state index in [4.69, 9.17) is 16.7 Å². The van der Waals surface area contributed by atoms with Crippen LogP contribution in [0, 0.1) is 0 Å². The summed E-state index contributed by atoms with van der Waals surface area (Å²) in [5, 5.41) is 8.97. The number of hydrogen-bond acceptors (Lipinski definition) is 2. The number of aliphatic carboxylic acids is 1. The average molecular weight is 203 g/mol. The fourth-order valence-corrected chi connectivity index (χ4v) is 1.47. The van der Waals surface area contributed by atoms with Crippen LogP contribution in [0.15, 0.2) is 23.1 Å². The first-order valence-corrected chi connectivity index (χ1v) is 4.12. The zero-order chi connectivity index (χ0) is 9.14. The van der Waals surface area contributed by atoms with Crippen LogP contribution < -0.4 is 0 Å². The molecule has 1 aromatic rings. The topological polar surface area (TPSA) is 37.3 Å². The molecule has 2 nitrogen and oxygen atoms in total. The predicted octanol–water partition coefficient (Wildman–Crippen LogP) is 2.26. The van der Waals surface area contributed by atoms with Gasteiger partial charge in [-0.1, -0.05) is 17.7 Å². The second kappa shape index (κ2) is 3.83. The first-order chi connectivity index (χ1) is 5.61. The van der Waals surface area contributed by atoms with E-state index in [9.17, 15) is 4.79 Å². The van der Waals surface area contributed by atoms with E-state index >= 15 is 0 Å². The minimum absolute atomic E-state index is 0.0848. The van der Waals surface area contributed by atoms with E-state index in [2.05, 4.69) is 12.6 Å². The predicted molar refractivity (Wildman–Crippen MR) is 50.0 cm³/mol. The Labute approximate surface area is 80.6 Å². The molecular formula is C8H7ClO2S. The smallest absolute Gasteiger partial charge is 0.307 e. The Morgan fingerprint density at radius 3 is 2.75 bits per heavy atom. The van der Waals surface area contributed by atoms with Crippen molar-refractivity contribution in [2.24, 2.45) is 0 Å². The second-order valence-electron chi connectivity index (χ2n) is 2.31. The van der Waals surface area contributed by atoms with Gasteiger partial charge in [0.25, 0.3) is 0 Å². The van der Waals surface area contributed by atoms with Crippen LogP contribution in [0.2, 0.25) is 5.02 Å². The van der Waals surface area contributed by atoms with Crippen LogP contribution in [0.4, 0.5) is 0 Å². The van der Waals surface area contributed by atoms with E-state index in [1.165, 1.54) is 0 Å². The Hall–Kier alpha value is -0.670. The van der Waals surface area contributed by atoms with Gasteiger partial charge in [-0.15, -0.1) is 12.6 Å². The van der Waals surface area contributed by atoms with Crippen molar-refractivity contribution >= 4 is 30.2 Å². The van der Waals surface area contributed by atoms with Crippen molar-refractivity contribution in [3.8, 4) is 0 Å². The highest BCUT2D eigenvalue weighted by molar-refractivity contribution is 7.80. The molecule has 0 radical (unpaired) electrons. The Balaban J connectivity index is 3.04. The van der Waals surface area contributed by atoms with E-state index in [0.29, 0.717) is 15.5 Å². The van der Waals surface area contributed by atoms with Crippen LogP contribution in [0.3, 0.4) is 0 Å². The summed E-state index contributed by atoms with van der Waals surface area (Å²) < 4.78 is 0. The maximum Gasteiger partial charge on any atom is 0.307 e. The summed E-state index contributed by atoms with van der Waals surface area (Å²) in [5.41, 5.74) is 0.565. The SMILES string of the molecule is O=C(O)Cc1c(S)cccc1Cl. The van der Waals surface area contributed by atoms with Crippen LogP contribution in [0.25, 0.3) is 0 Å². The highest BCUT2D eigenvalue weighted by Crippen LogP contribution is 2.23. The molecule has 0 unspecified atom stereocenters. The molecule has 1 N–H and O–H groups in total. The van der Waals surface area contributed by atoms with Gasteiger partial charge in [-0.25, -0.2) is 0 Å². The van der Waals surface area contributed by atoms with E-state index in [-0.39, 0.29) is 6.42 Å². The Kier molecular flexibility index (Phi) is 3.00. The molecule has 0 aliphatic rings. The molecule has 0 fully saturated rings. The zero-order valence-electron chi connectivity index (χ0n) is 6.12. The molecule has 0 heterocycles. The van der Waals surface area contributed by atoms with Crippen LogP contribution >= 0.6 is 24.2 Å². The lowest BCUT2D eigenvalue weighted by molar-refractivity contribution is -0.136. The standard InChI is InChI=1S/C8H7ClO2S/c9-6-2-1-3-7(12)5(6)4-8(10)11/h1-3,12H,4H2,(H,10,11). The Morgan fingerprint density at radius 2 is 2.25 bits per heavy atom. The first-order valence-electron chi connectivity index (χ1n) is 3.29. The van der Waals surface area contributed by atoms with E-state index < -0.39 is 5.97 Å². The number of benzene rings is 1. The maximum absolute atomic E-state index is 10.4. The van der Waals surface area contributed by atoms with Crippen LogP contribution in [-0.4, -0.2) is 11.1 Å². The van der Waals surface area contributed by atoms with Crippen LogP contribution in [0.1, 0.15) is 5.56 Å². The van der Waals surface area contributed by atoms with Crippen LogP contribution in [-0.2, 0) is 11.2 Å². The molecule has 0 aromatic heterocycles. The molecule has 0 atom stereocenters.